The van der Waals surface area contributed by atoms with Gasteiger partial charge in [0, 0.05) is 12.6 Å². The van der Waals surface area contributed by atoms with E-state index in [0.717, 1.165) is 12.8 Å². The van der Waals surface area contributed by atoms with Crippen LogP contribution in [0.3, 0.4) is 0 Å². The largest absolute Gasteiger partial charge is 0.393 e. The van der Waals surface area contributed by atoms with Crippen LogP contribution < -0.4 is 5.32 Å². The Kier molecular flexibility index (Phi) is 6.10. The second-order valence-corrected chi connectivity index (χ2v) is 5.20. The molecular weight excluding hydrogens is 257 g/mol. The van der Waals surface area contributed by atoms with E-state index in [2.05, 4.69) is 5.32 Å². The predicted molar refractivity (Wildman–Crippen MR) is 67.7 cm³/mol. The third-order valence-electron chi connectivity index (χ3n) is 3.69. The maximum Gasteiger partial charge on any atom is 0.393 e. The third-order valence-corrected chi connectivity index (χ3v) is 3.69. The summed E-state index contributed by atoms with van der Waals surface area (Å²) in [7, 11) is 0. The number of piperidine rings is 1. The molecule has 19 heavy (non-hydrogen) atoms. The van der Waals surface area contributed by atoms with Gasteiger partial charge in [0.15, 0.2) is 0 Å². The lowest BCUT2D eigenvalue weighted by atomic mass is 9.97. The maximum absolute atomic E-state index is 12.6. The van der Waals surface area contributed by atoms with E-state index in [4.69, 9.17) is 0 Å². The summed E-state index contributed by atoms with van der Waals surface area (Å²) in [5.74, 6) is -1.46. The van der Waals surface area contributed by atoms with Gasteiger partial charge in [-0.05, 0) is 32.2 Å². The first-order valence-electron chi connectivity index (χ1n) is 6.95. The molecule has 0 radical (unpaired) electrons. The van der Waals surface area contributed by atoms with Crippen molar-refractivity contribution in [2.24, 2.45) is 5.92 Å². The number of hydrogen-bond donors (Lipinski definition) is 1. The molecule has 1 saturated heterocycles. The zero-order valence-electron chi connectivity index (χ0n) is 11.6. The van der Waals surface area contributed by atoms with Gasteiger partial charge in [-0.15, -0.1) is 0 Å². The van der Waals surface area contributed by atoms with Crippen molar-refractivity contribution in [3.05, 3.63) is 0 Å². The number of carbonyl (C=O) groups is 1. The van der Waals surface area contributed by atoms with Crippen LogP contribution in [0.4, 0.5) is 13.2 Å². The summed E-state index contributed by atoms with van der Waals surface area (Å²) >= 11 is 0. The molecule has 0 aromatic carbocycles. The molecule has 1 aliphatic heterocycles. The van der Waals surface area contributed by atoms with Gasteiger partial charge >= 0.3 is 6.18 Å². The second kappa shape index (κ2) is 7.12. The average molecular weight is 280 g/mol. The fourth-order valence-corrected chi connectivity index (χ4v) is 2.44. The molecule has 6 heteroatoms. The standard InChI is InChI=1S/C13H23F3N2O/c1-3-11(4-2)17-12(19)9-18-7-5-6-10(8-18)13(14,15)16/h10-11H,3-9H2,1-2H3,(H,17,19)/t10-/m1/s1. The Morgan fingerprint density at radius 1 is 1.37 bits per heavy atom. The summed E-state index contributed by atoms with van der Waals surface area (Å²) in [6.45, 7) is 4.55. The predicted octanol–water partition coefficient (Wildman–Crippen LogP) is 2.57. The molecule has 0 unspecified atom stereocenters. The molecule has 1 rings (SSSR count). The highest BCUT2D eigenvalue weighted by Gasteiger charge is 2.41. The second-order valence-electron chi connectivity index (χ2n) is 5.20. The molecule has 1 fully saturated rings. The summed E-state index contributed by atoms with van der Waals surface area (Å²) in [5.41, 5.74) is 0. The molecule has 0 spiro atoms. The maximum atomic E-state index is 12.6. The van der Waals surface area contributed by atoms with Gasteiger partial charge in [-0.1, -0.05) is 13.8 Å². The van der Waals surface area contributed by atoms with Crippen LogP contribution in [0.15, 0.2) is 0 Å². The van der Waals surface area contributed by atoms with Crippen LogP contribution in [-0.2, 0) is 4.79 Å². The molecule has 1 atom stereocenters. The number of halogens is 3. The van der Waals surface area contributed by atoms with Crippen LogP contribution in [0, 0.1) is 5.92 Å². The van der Waals surface area contributed by atoms with Gasteiger partial charge in [-0.25, -0.2) is 0 Å². The lowest BCUT2D eigenvalue weighted by molar-refractivity contribution is -0.187. The zero-order valence-corrected chi connectivity index (χ0v) is 11.6. The van der Waals surface area contributed by atoms with Crippen molar-refractivity contribution < 1.29 is 18.0 Å². The van der Waals surface area contributed by atoms with Crippen molar-refractivity contribution in [3.63, 3.8) is 0 Å². The topological polar surface area (TPSA) is 32.3 Å². The Hall–Kier alpha value is -0.780. The number of hydrogen-bond acceptors (Lipinski definition) is 2. The number of nitrogens with one attached hydrogen (secondary N) is 1. The van der Waals surface area contributed by atoms with Crippen LogP contribution in [0.1, 0.15) is 39.5 Å². The molecule has 1 amide bonds. The quantitative estimate of drug-likeness (QED) is 0.839. The number of carbonyl (C=O) groups excluding carboxylic acids is 1. The number of rotatable bonds is 5. The minimum Gasteiger partial charge on any atom is -0.352 e. The van der Waals surface area contributed by atoms with Crippen LogP contribution >= 0.6 is 0 Å². The molecule has 1 N–H and O–H groups in total. The molecule has 0 bridgehead atoms. The molecule has 0 aromatic rings. The first-order chi connectivity index (χ1) is 8.86. The van der Waals surface area contributed by atoms with Crippen molar-refractivity contribution >= 4 is 5.91 Å². The van der Waals surface area contributed by atoms with Gasteiger partial charge < -0.3 is 5.32 Å². The SMILES string of the molecule is CCC(CC)NC(=O)CN1CCC[C@@H](C(F)(F)F)C1. The van der Waals surface area contributed by atoms with Crippen LogP contribution in [0.25, 0.3) is 0 Å². The van der Waals surface area contributed by atoms with Gasteiger partial charge in [0.1, 0.15) is 0 Å². The number of likely N-dealkylation sites (tertiary alicyclic amines) is 1. The van der Waals surface area contributed by atoms with E-state index >= 15 is 0 Å². The van der Waals surface area contributed by atoms with E-state index in [1.807, 2.05) is 13.8 Å². The van der Waals surface area contributed by atoms with Crippen molar-refractivity contribution in [3.8, 4) is 0 Å². The first kappa shape index (κ1) is 16.3. The normalized spacial score (nSPS) is 21.7. The molecular formula is C13H23F3N2O. The van der Waals surface area contributed by atoms with Crippen LogP contribution in [0.2, 0.25) is 0 Å². The molecule has 3 nitrogen and oxygen atoms in total. The Morgan fingerprint density at radius 3 is 2.53 bits per heavy atom. The highest BCUT2D eigenvalue weighted by atomic mass is 19.4. The molecule has 0 saturated carbocycles. The zero-order chi connectivity index (χ0) is 14.5. The smallest absolute Gasteiger partial charge is 0.352 e. The highest BCUT2D eigenvalue weighted by Crippen LogP contribution is 2.32. The van der Waals surface area contributed by atoms with Crippen molar-refractivity contribution in [1.29, 1.82) is 0 Å². The van der Waals surface area contributed by atoms with E-state index in [9.17, 15) is 18.0 Å². The van der Waals surface area contributed by atoms with E-state index in [1.54, 1.807) is 4.90 Å². The van der Waals surface area contributed by atoms with Crippen molar-refractivity contribution in [2.45, 2.75) is 51.7 Å². The minimum absolute atomic E-state index is 0.0557. The molecule has 1 aliphatic rings. The fraction of sp³-hybridized carbons (Fsp3) is 0.923. The van der Waals surface area contributed by atoms with E-state index in [0.29, 0.717) is 13.0 Å². The third kappa shape index (κ3) is 5.38. The summed E-state index contributed by atoms with van der Waals surface area (Å²) in [5, 5.41) is 2.86. The summed E-state index contributed by atoms with van der Waals surface area (Å²) < 4.78 is 37.9. The van der Waals surface area contributed by atoms with Crippen molar-refractivity contribution in [1.82, 2.24) is 10.2 Å². The summed E-state index contributed by atoms with van der Waals surface area (Å²) in [4.78, 5) is 13.4. The lowest BCUT2D eigenvalue weighted by Gasteiger charge is -2.33. The van der Waals surface area contributed by atoms with Crippen molar-refractivity contribution in [2.75, 3.05) is 19.6 Å². The molecule has 112 valence electrons. The van der Waals surface area contributed by atoms with E-state index in [-0.39, 0.29) is 31.5 Å². The van der Waals surface area contributed by atoms with Crippen LogP contribution in [-0.4, -0.2) is 42.7 Å². The van der Waals surface area contributed by atoms with E-state index in [1.165, 1.54) is 0 Å². The van der Waals surface area contributed by atoms with Crippen LogP contribution in [0.5, 0.6) is 0 Å². The number of alkyl halides is 3. The summed E-state index contributed by atoms with van der Waals surface area (Å²) in [6.07, 6.45) is -1.79. The van der Waals surface area contributed by atoms with Gasteiger partial charge in [0.05, 0.1) is 12.5 Å². The lowest BCUT2D eigenvalue weighted by Crippen LogP contribution is -2.47. The number of amides is 1. The fourth-order valence-electron chi connectivity index (χ4n) is 2.44. The monoisotopic (exact) mass is 280 g/mol. The Bertz CT molecular complexity index is 290. The van der Waals surface area contributed by atoms with Gasteiger partial charge in [-0.3, -0.25) is 9.69 Å². The average Bonchev–Trinajstić information content (AvgIpc) is 2.35. The molecule has 1 heterocycles. The minimum atomic E-state index is -4.15. The van der Waals surface area contributed by atoms with Gasteiger partial charge in [0.25, 0.3) is 0 Å². The number of nitrogens with zero attached hydrogens (tertiary/aromatic N) is 1. The van der Waals surface area contributed by atoms with Gasteiger partial charge in [-0.2, -0.15) is 13.2 Å². The van der Waals surface area contributed by atoms with Gasteiger partial charge in [0.2, 0.25) is 5.91 Å². The molecule has 0 aromatic heterocycles. The first-order valence-corrected chi connectivity index (χ1v) is 6.95. The highest BCUT2D eigenvalue weighted by molar-refractivity contribution is 5.78. The Balaban J connectivity index is 2.42. The Labute approximate surface area is 112 Å². The van der Waals surface area contributed by atoms with E-state index < -0.39 is 12.1 Å². The Morgan fingerprint density at radius 2 is 2.00 bits per heavy atom. The molecule has 0 aliphatic carbocycles. The summed E-state index contributed by atoms with van der Waals surface area (Å²) in [6, 6.07) is 0.121.